The van der Waals surface area contributed by atoms with Crippen LogP contribution in [0.4, 0.5) is 5.69 Å². The molecule has 1 aliphatic heterocycles. The monoisotopic (exact) mass is 304 g/mol. The highest BCUT2D eigenvalue weighted by atomic mass is 16.4. The molecule has 2 aliphatic rings. The fourth-order valence-corrected chi connectivity index (χ4v) is 3.56. The minimum Gasteiger partial charge on any atom is -0.411 e. The van der Waals surface area contributed by atoms with Gasteiger partial charge >= 0.3 is 0 Å². The van der Waals surface area contributed by atoms with Gasteiger partial charge in [0.05, 0.1) is 6.21 Å². The average Bonchev–Trinajstić information content (AvgIpc) is 2.98. The van der Waals surface area contributed by atoms with E-state index in [9.17, 15) is 4.79 Å². The molecule has 0 saturated heterocycles. The third kappa shape index (κ3) is 2.14. The molecule has 114 valence electrons. The Bertz CT molecular complexity index is 825. The third-order valence-corrected chi connectivity index (χ3v) is 4.58. The van der Waals surface area contributed by atoms with E-state index in [2.05, 4.69) is 11.2 Å². The van der Waals surface area contributed by atoms with Gasteiger partial charge in [-0.3, -0.25) is 4.79 Å². The highest BCUT2D eigenvalue weighted by Crippen LogP contribution is 2.45. The number of rotatable bonds is 2. The lowest BCUT2D eigenvalue weighted by molar-refractivity contribution is 0.0988. The van der Waals surface area contributed by atoms with Gasteiger partial charge in [0.1, 0.15) is 0 Å². The summed E-state index contributed by atoms with van der Waals surface area (Å²) in [6.45, 7) is 0.695. The Labute approximate surface area is 134 Å². The van der Waals surface area contributed by atoms with Crippen LogP contribution in [-0.2, 0) is 0 Å². The van der Waals surface area contributed by atoms with Crippen LogP contribution in [0.2, 0.25) is 0 Å². The number of hydrogen-bond donors (Lipinski definition) is 1. The fourth-order valence-electron chi connectivity index (χ4n) is 3.56. The van der Waals surface area contributed by atoms with Gasteiger partial charge in [0.15, 0.2) is 0 Å². The molecule has 2 aromatic carbocycles. The van der Waals surface area contributed by atoms with E-state index in [0.717, 1.165) is 23.2 Å². The highest BCUT2D eigenvalue weighted by Gasteiger charge is 2.36. The third-order valence-electron chi connectivity index (χ3n) is 4.58. The Morgan fingerprint density at radius 3 is 2.78 bits per heavy atom. The number of amides is 1. The van der Waals surface area contributed by atoms with Gasteiger partial charge in [-0.2, -0.15) is 0 Å². The summed E-state index contributed by atoms with van der Waals surface area (Å²) in [6, 6.07) is 15.3. The van der Waals surface area contributed by atoms with E-state index in [0.29, 0.717) is 18.0 Å². The molecule has 1 atom stereocenters. The summed E-state index contributed by atoms with van der Waals surface area (Å²) in [7, 11) is 0. The first kappa shape index (κ1) is 13.8. The van der Waals surface area contributed by atoms with E-state index in [1.807, 2.05) is 53.4 Å². The van der Waals surface area contributed by atoms with Crippen LogP contribution in [0.5, 0.6) is 0 Å². The number of oxime groups is 1. The smallest absolute Gasteiger partial charge is 0.258 e. The SMILES string of the molecule is O=C(c1ccccc1)N1CC2CC=C(C=NO)c3cccc1c32. The number of nitrogens with zero attached hydrogens (tertiary/aromatic N) is 2. The lowest BCUT2D eigenvalue weighted by atomic mass is 9.84. The predicted octanol–water partition coefficient (Wildman–Crippen LogP) is 3.68. The maximum Gasteiger partial charge on any atom is 0.258 e. The van der Waals surface area contributed by atoms with Gasteiger partial charge in [-0.05, 0) is 41.3 Å². The molecule has 1 unspecified atom stereocenters. The van der Waals surface area contributed by atoms with Gasteiger partial charge in [-0.25, -0.2) is 0 Å². The van der Waals surface area contributed by atoms with E-state index >= 15 is 0 Å². The van der Waals surface area contributed by atoms with Gasteiger partial charge in [0.2, 0.25) is 0 Å². The molecule has 4 heteroatoms. The second kappa shape index (κ2) is 5.39. The number of anilines is 1. The summed E-state index contributed by atoms with van der Waals surface area (Å²) in [5.41, 5.74) is 4.83. The molecule has 1 heterocycles. The molecule has 0 spiro atoms. The molecule has 2 aromatic rings. The second-order valence-electron chi connectivity index (χ2n) is 5.86. The molecule has 1 amide bonds. The molecular weight excluding hydrogens is 288 g/mol. The first-order chi connectivity index (χ1) is 11.3. The van der Waals surface area contributed by atoms with Gasteiger partial charge in [0, 0.05) is 23.7 Å². The van der Waals surface area contributed by atoms with E-state index in [-0.39, 0.29) is 5.91 Å². The van der Waals surface area contributed by atoms with Crippen LogP contribution >= 0.6 is 0 Å². The molecular formula is C19H16N2O2. The Hall–Kier alpha value is -2.88. The van der Waals surface area contributed by atoms with Crippen molar-refractivity contribution in [3.63, 3.8) is 0 Å². The van der Waals surface area contributed by atoms with E-state index in [1.54, 1.807) is 0 Å². The highest BCUT2D eigenvalue weighted by molar-refractivity contribution is 6.13. The molecule has 0 fully saturated rings. The van der Waals surface area contributed by atoms with Crippen LogP contribution in [0.1, 0.15) is 33.8 Å². The van der Waals surface area contributed by atoms with Crippen molar-refractivity contribution in [2.75, 3.05) is 11.4 Å². The molecule has 0 aromatic heterocycles. The number of carbonyl (C=O) groups excluding carboxylic acids is 1. The Balaban J connectivity index is 1.78. The zero-order valence-corrected chi connectivity index (χ0v) is 12.5. The molecule has 0 radical (unpaired) electrons. The van der Waals surface area contributed by atoms with Gasteiger partial charge < -0.3 is 10.1 Å². The Morgan fingerprint density at radius 2 is 2.00 bits per heavy atom. The standard InChI is InChI=1S/C19H16N2O2/c22-19(13-5-2-1-3-6-13)21-12-15-10-9-14(11-20-23)16-7-4-8-17(21)18(15)16/h1-9,11,15,23H,10,12H2. The van der Waals surface area contributed by atoms with Gasteiger partial charge in [-0.1, -0.05) is 41.6 Å². The fraction of sp³-hybridized carbons (Fsp3) is 0.158. The number of carbonyl (C=O) groups is 1. The largest absolute Gasteiger partial charge is 0.411 e. The zero-order chi connectivity index (χ0) is 15.8. The Morgan fingerprint density at radius 1 is 1.17 bits per heavy atom. The van der Waals surface area contributed by atoms with Crippen molar-refractivity contribution in [1.82, 2.24) is 0 Å². The van der Waals surface area contributed by atoms with Crippen molar-refractivity contribution in [3.05, 3.63) is 71.3 Å². The van der Waals surface area contributed by atoms with E-state index in [4.69, 9.17) is 5.21 Å². The number of benzene rings is 2. The van der Waals surface area contributed by atoms with Crippen LogP contribution in [0.15, 0.2) is 59.8 Å². The molecule has 0 saturated carbocycles. The van der Waals surface area contributed by atoms with Crippen molar-refractivity contribution in [3.8, 4) is 0 Å². The predicted molar refractivity (Wildman–Crippen MR) is 90.2 cm³/mol. The average molecular weight is 304 g/mol. The van der Waals surface area contributed by atoms with Crippen LogP contribution in [0, 0.1) is 0 Å². The molecule has 4 nitrogen and oxygen atoms in total. The summed E-state index contributed by atoms with van der Waals surface area (Å²) in [5.74, 6) is 0.343. The molecule has 0 bridgehead atoms. The first-order valence-electron chi connectivity index (χ1n) is 7.67. The first-order valence-corrected chi connectivity index (χ1v) is 7.67. The summed E-state index contributed by atoms with van der Waals surface area (Å²) < 4.78 is 0. The van der Waals surface area contributed by atoms with Crippen molar-refractivity contribution in [2.45, 2.75) is 12.3 Å². The number of hydrogen-bond acceptors (Lipinski definition) is 3. The number of allylic oxidation sites excluding steroid dienone is 2. The minimum atomic E-state index is 0.0331. The van der Waals surface area contributed by atoms with Gasteiger partial charge in [-0.15, -0.1) is 0 Å². The zero-order valence-electron chi connectivity index (χ0n) is 12.5. The summed E-state index contributed by atoms with van der Waals surface area (Å²) in [5, 5.41) is 12.0. The van der Waals surface area contributed by atoms with Crippen LogP contribution in [0.3, 0.4) is 0 Å². The maximum atomic E-state index is 12.9. The van der Waals surface area contributed by atoms with Crippen molar-refractivity contribution >= 4 is 23.4 Å². The minimum absolute atomic E-state index is 0.0331. The molecule has 23 heavy (non-hydrogen) atoms. The van der Waals surface area contributed by atoms with E-state index < -0.39 is 0 Å². The summed E-state index contributed by atoms with van der Waals surface area (Å²) in [6.07, 6.45) is 4.39. The summed E-state index contributed by atoms with van der Waals surface area (Å²) in [4.78, 5) is 14.7. The van der Waals surface area contributed by atoms with Crippen LogP contribution < -0.4 is 4.90 Å². The summed E-state index contributed by atoms with van der Waals surface area (Å²) >= 11 is 0. The van der Waals surface area contributed by atoms with Crippen LogP contribution in [0.25, 0.3) is 5.57 Å². The quantitative estimate of drug-likeness (QED) is 0.523. The molecule has 1 N–H and O–H groups in total. The van der Waals surface area contributed by atoms with E-state index in [1.165, 1.54) is 11.8 Å². The Kier molecular flexibility index (Phi) is 3.23. The van der Waals surface area contributed by atoms with Crippen molar-refractivity contribution < 1.29 is 10.0 Å². The normalized spacial score (nSPS) is 18.9. The lowest BCUT2D eigenvalue weighted by Crippen LogP contribution is -2.29. The molecule has 4 rings (SSSR count). The maximum absolute atomic E-state index is 12.9. The van der Waals surface area contributed by atoms with Crippen LogP contribution in [-0.4, -0.2) is 23.9 Å². The molecule has 1 aliphatic carbocycles. The van der Waals surface area contributed by atoms with Crippen molar-refractivity contribution in [2.24, 2.45) is 5.16 Å². The van der Waals surface area contributed by atoms with Crippen molar-refractivity contribution in [1.29, 1.82) is 0 Å². The lowest BCUT2D eigenvalue weighted by Gasteiger charge is -2.18. The second-order valence-corrected chi connectivity index (χ2v) is 5.86. The van der Waals surface area contributed by atoms with Gasteiger partial charge in [0.25, 0.3) is 5.91 Å². The topological polar surface area (TPSA) is 52.9 Å².